The van der Waals surface area contributed by atoms with E-state index in [1.165, 1.54) is 6.07 Å². The lowest BCUT2D eigenvalue weighted by atomic mass is 10.1. The first kappa shape index (κ1) is 11.0. The second-order valence-corrected chi connectivity index (χ2v) is 5.09. The van der Waals surface area contributed by atoms with E-state index in [2.05, 4.69) is 0 Å². The average molecular weight is 234 g/mol. The van der Waals surface area contributed by atoms with Crippen LogP contribution in [0.1, 0.15) is 5.56 Å². The molecule has 0 heterocycles. The Morgan fingerprint density at radius 3 is 2.57 bits per heavy atom. The highest BCUT2D eigenvalue weighted by molar-refractivity contribution is 8.13. The van der Waals surface area contributed by atoms with Crippen LogP contribution in [-0.2, 0) is 15.5 Å². The van der Waals surface area contributed by atoms with Crippen molar-refractivity contribution in [3.8, 4) is 6.07 Å². The van der Waals surface area contributed by atoms with Crippen molar-refractivity contribution in [2.45, 2.75) is 11.3 Å². The standard InChI is InChI=1S/C8H5ClFNO2S/c9-14(12,13)7-2-1-6(3-4-11)8(10)5-7/h1-2,5H,3H2. The SMILES string of the molecule is N#CCc1ccc(S(=O)(=O)Cl)cc1F. The van der Waals surface area contributed by atoms with Gasteiger partial charge in [0.1, 0.15) is 5.82 Å². The van der Waals surface area contributed by atoms with Crippen LogP contribution in [-0.4, -0.2) is 8.42 Å². The molecule has 1 aromatic carbocycles. The predicted molar refractivity (Wildman–Crippen MR) is 48.8 cm³/mol. The number of nitriles is 1. The predicted octanol–water partition coefficient (Wildman–Crippen LogP) is 1.82. The van der Waals surface area contributed by atoms with Crippen LogP contribution in [0.15, 0.2) is 23.1 Å². The molecular weight excluding hydrogens is 229 g/mol. The fourth-order valence-electron chi connectivity index (χ4n) is 0.908. The molecule has 0 bridgehead atoms. The summed E-state index contributed by atoms with van der Waals surface area (Å²) in [5, 5.41) is 8.31. The Hall–Kier alpha value is -1.12. The van der Waals surface area contributed by atoms with Gasteiger partial charge in [0.05, 0.1) is 17.4 Å². The van der Waals surface area contributed by atoms with E-state index in [-0.39, 0.29) is 16.9 Å². The smallest absolute Gasteiger partial charge is 0.207 e. The second kappa shape index (κ2) is 3.95. The van der Waals surface area contributed by atoms with E-state index in [1.54, 1.807) is 6.07 Å². The quantitative estimate of drug-likeness (QED) is 0.732. The van der Waals surface area contributed by atoms with Crippen molar-refractivity contribution in [2.24, 2.45) is 0 Å². The van der Waals surface area contributed by atoms with E-state index in [0.717, 1.165) is 12.1 Å². The van der Waals surface area contributed by atoms with Crippen molar-refractivity contribution < 1.29 is 12.8 Å². The number of rotatable bonds is 2. The Morgan fingerprint density at radius 2 is 2.14 bits per heavy atom. The van der Waals surface area contributed by atoms with Gasteiger partial charge in [0, 0.05) is 16.2 Å². The summed E-state index contributed by atoms with van der Waals surface area (Å²) in [5.74, 6) is -0.742. The number of halogens is 2. The molecule has 0 aliphatic carbocycles. The summed E-state index contributed by atoms with van der Waals surface area (Å²) in [5.41, 5.74) is 0.150. The van der Waals surface area contributed by atoms with E-state index in [1.807, 2.05) is 0 Å². The van der Waals surface area contributed by atoms with Gasteiger partial charge in [0.2, 0.25) is 0 Å². The summed E-state index contributed by atoms with van der Waals surface area (Å²) in [6.45, 7) is 0. The molecule has 0 aliphatic rings. The Kier molecular flexibility index (Phi) is 3.09. The molecule has 0 N–H and O–H groups in total. The van der Waals surface area contributed by atoms with Crippen molar-refractivity contribution in [1.82, 2.24) is 0 Å². The zero-order chi connectivity index (χ0) is 10.8. The summed E-state index contributed by atoms with van der Waals surface area (Å²) < 4.78 is 34.7. The molecule has 0 radical (unpaired) electrons. The second-order valence-electron chi connectivity index (χ2n) is 2.53. The largest absolute Gasteiger partial charge is 0.261 e. The Bertz CT molecular complexity index is 493. The molecule has 14 heavy (non-hydrogen) atoms. The van der Waals surface area contributed by atoms with E-state index in [9.17, 15) is 12.8 Å². The van der Waals surface area contributed by atoms with Gasteiger partial charge in [-0.25, -0.2) is 12.8 Å². The molecule has 1 aromatic rings. The molecule has 74 valence electrons. The van der Waals surface area contributed by atoms with Gasteiger partial charge < -0.3 is 0 Å². The number of benzene rings is 1. The van der Waals surface area contributed by atoms with Crippen molar-refractivity contribution >= 4 is 19.7 Å². The molecule has 0 saturated carbocycles. The van der Waals surface area contributed by atoms with Crippen LogP contribution in [0, 0.1) is 17.1 Å². The van der Waals surface area contributed by atoms with Crippen LogP contribution in [0.2, 0.25) is 0 Å². The van der Waals surface area contributed by atoms with Gasteiger partial charge in [0.25, 0.3) is 9.05 Å². The monoisotopic (exact) mass is 233 g/mol. The maximum Gasteiger partial charge on any atom is 0.261 e. The van der Waals surface area contributed by atoms with Gasteiger partial charge in [-0.15, -0.1) is 0 Å². The highest BCUT2D eigenvalue weighted by Gasteiger charge is 2.12. The highest BCUT2D eigenvalue weighted by Crippen LogP contribution is 2.18. The topological polar surface area (TPSA) is 57.9 Å². The first-order valence-corrected chi connectivity index (χ1v) is 5.86. The molecule has 0 atom stereocenters. The molecule has 0 aliphatic heterocycles. The zero-order valence-corrected chi connectivity index (χ0v) is 8.44. The molecule has 0 aromatic heterocycles. The third kappa shape index (κ3) is 2.44. The summed E-state index contributed by atoms with van der Waals surface area (Å²) in [4.78, 5) is -0.307. The van der Waals surface area contributed by atoms with Crippen LogP contribution in [0.4, 0.5) is 4.39 Å². The normalized spacial score (nSPS) is 10.9. The van der Waals surface area contributed by atoms with Crippen molar-refractivity contribution in [1.29, 1.82) is 5.26 Å². The van der Waals surface area contributed by atoms with Gasteiger partial charge in [-0.05, 0) is 12.1 Å². The maximum absolute atomic E-state index is 13.1. The fourth-order valence-corrected chi connectivity index (χ4v) is 1.67. The maximum atomic E-state index is 13.1. The van der Waals surface area contributed by atoms with E-state index in [4.69, 9.17) is 15.9 Å². The van der Waals surface area contributed by atoms with Gasteiger partial charge in [-0.1, -0.05) is 6.07 Å². The minimum Gasteiger partial charge on any atom is -0.207 e. The minimum absolute atomic E-state index is 0.103. The number of nitrogens with zero attached hydrogens (tertiary/aromatic N) is 1. The highest BCUT2D eigenvalue weighted by atomic mass is 35.7. The van der Waals surface area contributed by atoms with Crippen LogP contribution >= 0.6 is 10.7 Å². The van der Waals surface area contributed by atoms with Crippen LogP contribution in [0.25, 0.3) is 0 Å². The lowest BCUT2D eigenvalue weighted by Crippen LogP contribution is -1.95. The molecule has 3 nitrogen and oxygen atoms in total. The Labute approximate surface area is 85.2 Å². The molecule has 0 saturated heterocycles. The zero-order valence-electron chi connectivity index (χ0n) is 6.87. The first-order chi connectivity index (χ1) is 6.45. The molecular formula is C8H5ClFNO2S. The number of hydrogen-bond acceptors (Lipinski definition) is 3. The van der Waals surface area contributed by atoms with Crippen molar-refractivity contribution in [3.63, 3.8) is 0 Å². The minimum atomic E-state index is -3.91. The van der Waals surface area contributed by atoms with Gasteiger partial charge in [0.15, 0.2) is 0 Å². The molecule has 0 spiro atoms. The van der Waals surface area contributed by atoms with Crippen molar-refractivity contribution in [2.75, 3.05) is 0 Å². The summed E-state index contributed by atoms with van der Waals surface area (Å²) in [6, 6.07) is 4.96. The van der Waals surface area contributed by atoms with Crippen LogP contribution in [0.3, 0.4) is 0 Å². The Balaban J connectivity index is 3.21. The van der Waals surface area contributed by atoms with Crippen molar-refractivity contribution in [3.05, 3.63) is 29.6 Å². The molecule has 0 fully saturated rings. The van der Waals surface area contributed by atoms with Gasteiger partial charge >= 0.3 is 0 Å². The van der Waals surface area contributed by atoms with E-state index < -0.39 is 14.9 Å². The molecule has 6 heteroatoms. The van der Waals surface area contributed by atoms with Gasteiger partial charge in [-0.2, -0.15) is 5.26 Å². The summed E-state index contributed by atoms with van der Waals surface area (Å²) in [6.07, 6.45) is -0.103. The summed E-state index contributed by atoms with van der Waals surface area (Å²) in [7, 11) is 1.09. The lowest BCUT2D eigenvalue weighted by Gasteiger charge is -1.99. The van der Waals surface area contributed by atoms with E-state index in [0.29, 0.717) is 0 Å². The Morgan fingerprint density at radius 1 is 1.50 bits per heavy atom. The van der Waals surface area contributed by atoms with Crippen LogP contribution < -0.4 is 0 Å². The average Bonchev–Trinajstić information content (AvgIpc) is 2.07. The fraction of sp³-hybridized carbons (Fsp3) is 0.125. The molecule has 0 unspecified atom stereocenters. The molecule has 1 rings (SSSR count). The first-order valence-electron chi connectivity index (χ1n) is 3.55. The van der Waals surface area contributed by atoms with E-state index >= 15 is 0 Å². The lowest BCUT2D eigenvalue weighted by molar-refractivity contribution is 0.597. The number of hydrogen-bond donors (Lipinski definition) is 0. The van der Waals surface area contributed by atoms with Crippen LogP contribution in [0.5, 0.6) is 0 Å². The third-order valence-corrected chi connectivity index (χ3v) is 2.93. The summed E-state index contributed by atoms with van der Waals surface area (Å²) >= 11 is 0. The van der Waals surface area contributed by atoms with Gasteiger partial charge in [-0.3, -0.25) is 0 Å². The third-order valence-electron chi connectivity index (χ3n) is 1.58. The molecule has 0 amide bonds.